The molecule has 0 atom stereocenters. The molecule has 0 radical (unpaired) electrons. The second-order valence-electron chi connectivity index (χ2n) is 6.14. The Bertz CT molecular complexity index is 862. The molecule has 16 heteroatoms. The summed E-state index contributed by atoms with van der Waals surface area (Å²) in [6.07, 6.45) is -14.1. The predicted octanol–water partition coefficient (Wildman–Crippen LogP) is 6.03. The number of carbonyl (C=O) groups is 1. The van der Waals surface area contributed by atoms with Crippen molar-refractivity contribution in [2.75, 3.05) is 6.61 Å². The molecule has 1 rings (SSSR count). The Kier molecular flexibility index (Phi) is 7.67. The summed E-state index contributed by atoms with van der Waals surface area (Å²) < 4.78 is 178. The van der Waals surface area contributed by atoms with E-state index in [1.54, 1.807) is 0 Å². The van der Waals surface area contributed by atoms with Crippen LogP contribution in [0, 0.1) is 0 Å². The van der Waals surface area contributed by atoms with Gasteiger partial charge in [-0.1, -0.05) is 24.8 Å². The van der Waals surface area contributed by atoms with E-state index in [9.17, 15) is 61.9 Å². The average molecular weight is 510 g/mol. The van der Waals surface area contributed by atoms with Crippen LogP contribution in [0.2, 0.25) is 0 Å². The number of hydrogen-bond donors (Lipinski definition) is 0. The minimum atomic E-state index is -8.02. The van der Waals surface area contributed by atoms with Gasteiger partial charge in [0, 0.05) is 12.5 Å². The Morgan fingerprint density at radius 3 is 1.76 bits per heavy atom. The lowest BCUT2D eigenvalue weighted by atomic mass is 9.97. The number of hydrogen-bond acceptors (Lipinski definition) is 3. The van der Waals surface area contributed by atoms with Crippen LogP contribution >= 0.6 is 0 Å². The molecule has 0 bridgehead atoms. The standard InChI is InChI=1S/C17H11F13O3/c1-2-11(31)32-8-7-9-5-3-4-6-10(9)33-17(29,30)15(24,25)13(20,21)12(18,19)14(22,23)16(26,27)28/h2-6H,1,7-8H2. The van der Waals surface area contributed by atoms with Crippen molar-refractivity contribution in [2.45, 2.75) is 42.4 Å². The number of ether oxygens (including phenoxy) is 2. The molecule has 0 aliphatic heterocycles. The molecule has 0 N–H and O–H groups in total. The van der Waals surface area contributed by atoms with Crippen molar-refractivity contribution in [3.8, 4) is 5.75 Å². The molecule has 0 heterocycles. The number of carbonyl (C=O) groups excluding carboxylic acids is 1. The summed E-state index contributed by atoms with van der Waals surface area (Å²) in [4.78, 5) is 10.9. The third-order valence-corrected chi connectivity index (χ3v) is 3.90. The molecule has 0 aromatic heterocycles. The molecule has 1 aromatic carbocycles. The topological polar surface area (TPSA) is 35.5 Å². The van der Waals surface area contributed by atoms with E-state index in [0.29, 0.717) is 12.1 Å². The van der Waals surface area contributed by atoms with Crippen molar-refractivity contribution >= 4 is 5.97 Å². The van der Waals surface area contributed by atoms with Gasteiger partial charge in [0.25, 0.3) is 0 Å². The van der Waals surface area contributed by atoms with Gasteiger partial charge in [0.2, 0.25) is 0 Å². The van der Waals surface area contributed by atoms with E-state index in [-0.39, 0.29) is 0 Å². The minimum absolute atomic E-state index is 0.440. The largest absolute Gasteiger partial charge is 0.471 e. The molecule has 33 heavy (non-hydrogen) atoms. The number of alkyl halides is 13. The van der Waals surface area contributed by atoms with E-state index in [1.807, 2.05) is 0 Å². The van der Waals surface area contributed by atoms with Gasteiger partial charge in [-0.25, -0.2) is 4.79 Å². The zero-order chi connectivity index (χ0) is 26.1. The Balaban J connectivity index is 3.32. The Morgan fingerprint density at radius 2 is 1.27 bits per heavy atom. The van der Waals surface area contributed by atoms with Crippen molar-refractivity contribution in [1.82, 2.24) is 0 Å². The van der Waals surface area contributed by atoms with Crippen LogP contribution in [-0.4, -0.2) is 48.6 Å². The summed E-state index contributed by atoms with van der Waals surface area (Å²) in [5.41, 5.74) is -0.541. The zero-order valence-electron chi connectivity index (χ0n) is 15.6. The fraction of sp³-hybridized carbons (Fsp3) is 0.471. The van der Waals surface area contributed by atoms with Crippen molar-refractivity contribution in [1.29, 1.82) is 0 Å². The molecule has 0 amide bonds. The van der Waals surface area contributed by atoms with Gasteiger partial charge in [-0.15, -0.1) is 0 Å². The van der Waals surface area contributed by atoms with E-state index < -0.39 is 66.3 Å². The number of rotatable bonds is 10. The van der Waals surface area contributed by atoms with E-state index in [2.05, 4.69) is 16.1 Å². The van der Waals surface area contributed by atoms with Crippen molar-refractivity contribution in [3.63, 3.8) is 0 Å². The van der Waals surface area contributed by atoms with Crippen LogP contribution in [0.4, 0.5) is 57.1 Å². The van der Waals surface area contributed by atoms with Crippen molar-refractivity contribution < 1.29 is 71.3 Å². The normalized spacial score (nSPS) is 14.1. The molecule has 0 fully saturated rings. The molecule has 0 unspecified atom stereocenters. The molecular weight excluding hydrogens is 499 g/mol. The molecule has 0 saturated heterocycles. The molecule has 3 nitrogen and oxygen atoms in total. The number of benzene rings is 1. The second-order valence-corrected chi connectivity index (χ2v) is 6.14. The maximum Gasteiger partial charge on any atom is 0.471 e. The first-order valence-corrected chi connectivity index (χ1v) is 8.19. The highest BCUT2D eigenvalue weighted by Crippen LogP contribution is 2.60. The smallest absolute Gasteiger partial charge is 0.462 e. The summed E-state index contributed by atoms with van der Waals surface area (Å²) in [7, 11) is 0. The van der Waals surface area contributed by atoms with Crippen LogP contribution in [0.5, 0.6) is 5.75 Å². The second kappa shape index (κ2) is 8.93. The van der Waals surface area contributed by atoms with Gasteiger partial charge >= 0.3 is 41.9 Å². The van der Waals surface area contributed by atoms with Gasteiger partial charge in [0.15, 0.2) is 0 Å². The molecule has 0 saturated carbocycles. The van der Waals surface area contributed by atoms with E-state index in [1.165, 1.54) is 0 Å². The summed E-state index contributed by atoms with van der Waals surface area (Å²) in [6, 6.07) is 3.18. The fourth-order valence-electron chi connectivity index (χ4n) is 2.09. The predicted molar refractivity (Wildman–Crippen MR) is 82.7 cm³/mol. The third-order valence-electron chi connectivity index (χ3n) is 3.90. The first kappa shape index (κ1) is 28.4. The van der Waals surface area contributed by atoms with E-state index in [4.69, 9.17) is 0 Å². The van der Waals surface area contributed by atoms with Crippen molar-refractivity contribution in [2.24, 2.45) is 0 Å². The van der Waals surface area contributed by atoms with E-state index in [0.717, 1.165) is 18.2 Å². The number of halogens is 13. The molecule has 0 aliphatic rings. The summed E-state index contributed by atoms with van der Waals surface area (Å²) in [5, 5.41) is 0. The van der Waals surface area contributed by atoms with Crippen LogP contribution < -0.4 is 4.74 Å². The molecule has 1 aromatic rings. The van der Waals surface area contributed by atoms with Crippen LogP contribution in [0.25, 0.3) is 0 Å². The lowest BCUT2D eigenvalue weighted by Crippen LogP contribution is -2.70. The van der Waals surface area contributed by atoms with Crippen molar-refractivity contribution in [3.05, 3.63) is 42.5 Å². The highest BCUT2D eigenvalue weighted by molar-refractivity contribution is 5.81. The monoisotopic (exact) mass is 510 g/mol. The lowest BCUT2D eigenvalue weighted by molar-refractivity contribution is -0.456. The lowest BCUT2D eigenvalue weighted by Gasteiger charge is -2.39. The molecular formula is C17H11F13O3. The highest BCUT2D eigenvalue weighted by Gasteiger charge is 2.91. The summed E-state index contributed by atoms with van der Waals surface area (Å²) in [6.45, 7) is 2.39. The molecule has 0 spiro atoms. The van der Waals surface area contributed by atoms with E-state index >= 15 is 0 Å². The molecule has 0 aliphatic carbocycles. The van der Waals surface area contributed by atoms with Gasteiger partial charge in [-0.2, -0.15) is 57.1 Å². The van der Waals surface area contributed by atoms with Crippen LogP contribution in [0.15, 0.2) is 36.9 Å². The van der Waals surface area contributed by atoms with Gasteiger partial charge in [-0.3, -0.25) is 0 Å². The quantitative estimate of drug-likeness (QED) is 0.219. The van der Waals surface area contributed by atoms with Gasteiger partial charge < -0.3 is 9.47 Å². The Morgan fingerprint density at radius 1 is 0.788 bits per heavy atom. The summed E-state index contributed by atoms with van der Waals surface area (Å²) >= 11 is 0. The van der Waals surface area contributed by atoms with Crippen LogP contribution in [-0.2, 0) is 16.0 Å². The maximum atomic E-state index is 13.9. The first-order chi connectivity index (χ1) is 14.7. The highest BCUT2D eigenvalue weighted by atomic mass is 19.4. The molecule has 188 valence electrons. The van der Waals surface area contributed by atoms with Gasteiger partial charge in [0.1, 0.15) is 5.75 Å². The van der Waals surface area contributed by atoms with Crippen LogP contribution in [0.1, 0.15) is 5.56 Å². The number of esters is 1. The third kappa shape index (κ3) is 4.98. The zero-order valence-corrected chi connectivity index (χ0v) is 15.6. The SMILES string of the molecule is C=CC(=O)OCCc1ccccc1OC(F)(F)C(F)(F)C(F)(F)C(F)(F)C(F)(F)C(F)(F)F. The minimum Gasteiger partial charge on any atom is -0.462 e. The fourth-order valence-corrected chi connectivity index (χ4v) is 2.09. The first-order valence-electron chi connectivity index (χ1n) is 8.19. The Hall–Kier alpha value is -2.68. The van der Waals surface area contributed by atoms with Crippen LogP contribution in [0.3, 0.4) is 0 Å². The number of para-hydroxylation sites is 1. The van der Waals surface area contributed by atoms with Gasteiger partial charge in [0.05, 0.1) is 6.61 Å². The average Bonchev–Trinajstić information content (AvgIpc) is 2.67. The Labute approximate surface area is 175 Å². The van der Waals surface area contributed by atoms with Gasteiger partial charge in [-0.05, 0) is 11.6 Å². The summed E-state index contributed by atoms with van der Waals surface area (Å²) in [5.74, 6) is -33.8. The maximum absolute atomic E-state index is 13.9.